The van der Waals surface area contributed by atoms with Crippen LogP contribution in [-0.2, 0) is 0 Å². The Morgan fingerprint density at radius 1 is 1.12 bits per heavy atom. The van der Waals surface area contributed by atoms with Crippen molar-refractivity contribution in [1.29, 1.82) is 0 Å². The molecule has 0 aromatic heterocycles. The highest BCUT2D eigenvalue weighted by molar-refractivity contribution is 9.10. The molecule has 1 N–H and O–H groups in total. The van der Waals surface area contributed by atoms with Crippen molar-refractivity contribution in [3.8, 4) is 11.5 Å². The molecule has 0 bridgehead atoms. The molecule has 0 saturated carbocycles. The third-order valence-electron chi connectivity index (χ3n) is 2.15. The van der Waals surface area contributed by atoms with E-state index in [0.29, 0.717) is 16.0 Å². The van der Waals surface area contributed by atoms with E-state index in [9.17, 15) is 4.79 Å². The summed E-state index contributed by atoms with van der Waals surface area (Å²) in [6.07, 6.45) is 0. The minimum absolute atomic E-state index is 0.220. The average Bonchev–Trinajstić information content (AvgIpc) is 2.33. The van der Waals surface area contributed by atoms with Gasteiger partial charge in [-0.2, -0.15) is 0 Å². The molecule has 3 nitrogen and oxygen atoms in total. The molecule has 17 heavy (non-hydrogen) atoms. The molecule has 4 heteroatoms. The lowest BCUT2D eigenvalue weighted by molar-refractivity contribution is 0.0697. The second kappa shape index (κ2) is 5.01. The summed E-state index contributed by atoms with van der Waals surface area (Å²) in [5, 5.41) is 8.83. The van der Waals surface area contributed by atoms with Gasteiger partial charge in [-0.1, -0.05) is 18.2 Å². The van der Waals surface area contributed by atoms with Crippen molar-refractivity contribution >= 4 is 21.9 Å². The van der Waals surface area contributed by atoms with Gasteiger partial charge in [-0.15, -0.1) is 0 Å². The van der Waals surface area contributed by atoms with Crippen LogP contribution in [0.15, 0.2) is 53.0 Å². The summed E-state index contributed by atoms with van der Waals surface area (Å²) < 4.78 is 6.22. The number of benzene rings is 2. The largest absolute Gasteiger partial charge is 0.478 e. The SMILES string of the molecule is O=C(O)c1ccc(Oc2ccccc2)c(Br)c1. The predicted molar refractivity (Wildman–Crippen MR) is 67.6 cm³/mol. The van der Waals surface area contributed by atoms with E-state index in [4.69, 9.17) is 9.84 Å². The van der Waals surface area contributed by atoms with E-state index < -0.39 is 5.97 Å². The maximum absolute atomic E-state index is 10.8. The summed E-state index contributed by atoms with van der Waals surface area (Å²) in [4.78, 5) is 10.8. The highest BCUT2D eigenvalue weighted by Gasteiger charge is 2.07. The lowest BCUT2D eigenvalue weighted by Crippen LogP contribution is -1.96. The Hall–Kier alpha value is -1.81. The van der Waals surface area contributed by atoms with Crippen molar-refractivity contribution in [1.82, 2.24) is 0 Å². The number of rotatable bonds is 3. The smallest absolute Gasteiger partial charge is 0.335 e. The van der Waals surface area contributed by atoms with Gasteiger partial charge in [0.05, 0.1) is 10.0 Å². The van der Waals surface area contributed by atoms with Crippen LogP contribution in [0.4, 0.5) is 0 Å². The van der Waals surface area contributed by atoms with E-state index >= 15 is 0 Å². The van der Waals surface area contributed by atoms with Gasteiger partial charge < -0.3 is 9.84 Å². The molecule has 0 unspecified atom stereocenters. The molecule has 0 radical (unpaired) electrons. The fraction of sp³-hybridized carbons (Fsp3) is 0. The first-order chi connectivity index (χ1) is 8.16. The molecular formula is C13H9BrO3. The van der Waals surface area contributed by atoms with E-state index in [2.05, 4.69) is 15.9 Å². The Morgan fingerprint density at radius 3 is 2.41 bits per heavy atom. The van der Waals surface area contributed by atoms with Crippen LogP contribution in [-0.4, -0.2) is 11.1 Å². The molecule has 2 rings (SSSR count). The van der Waals surface area contributed by atoms with Crippen LogP contribution in [0.5, 0.6) is 11.5 Å². The zero-order valence-electron chi connectivity index (χ0n) is 8.76. The first-order valence-corrected chi connectivity index (χ1v) is 5.72. The second-order valence-electron chi connectivity index (χ2n) is 3.37. The molecule has 2 aromatic carbocycles. The summed E-state index contributed by atoms with van der Waals surface area (Å²) in [6, 6.07) is 13.9. The summed E-state index contributed by atoms with van der Waals surface area (Å²) >= 11 is 3.28. The standard InChI is InChI=1S/C13H9BrO3/c14-11-8-9(13(15)16)6-7-12(11)17-10-4-2-1-3-5-10/h1-8H,(H,15,16). The normalized spacial score (nSPS) is 9.94. The summed E-state index contributed by atoms with van der Waals surface area (Å²) in [5.41, 5.74) is 0.220. The summed E-state index contributed by atoms with van der Waals surface area (Å²) in [5.74, 6) is 0.328. The van der Waals surface area contributed by atoms with Crippen LogP contribution in [0.2, 0.25) is 0 Å². The Bertz CT molecular complexity index is 538. The monoisotopic (exact) mass is 292 g/mol. The molecular weight excluding hydrogens is 284 g/mol. The van der Waals surface area contributed by atoms with Crippen LogP contribution in [0.25, 0.3) is 0 Å². The van der Waals surface area contributed by atoms with E-state index in [1.165, 1.54) is 12.1 Å². The molecule has 2 aromatic rings. The molecule has 86 valence electrons. The molecule has 0 spiro atoms. The van der Waals surface area contributed by atoms with E-state index in [1.807, 2.05) is 30.3 Å². The molecule has 0 amide bonds. The molecule has 0 fully saturated rings. The number of aromatic carboxylic acids is 1. The summed E-state index contributed by atoms with van der Waals surface area (Å²) in [6.45, 7) is 0. The summed E-state index contributed by atoms with van der Waals surface area (Å²) in [7, 11) is 0. The van der Waals surface area contributed by atoms with Gasteiger partial charge in [0.1, 0.15) is 11.5 Å². The number of halogens is 1. The Kier molecular flexibility index (Phi) is 3.44. The molecule has 0 aliphatic carbocycles. The van der Waals surface area contributed by atoms with Crippen molar-refractivity contribution in [2.45, 2.75) is 0 Å². The third kappa shape index (κ3) is 2.85. The van der Waals surface area contributed by atoms with Gasteiger partial charge in [-0.05, 0) is 46.3 Å². The number of carbonyl (C=O) groups is 1. The van der Waals surface area contributed by atoms with Gasteiger partial charge in [0.15, 0.2) is 0 Å². The van der Waals surface area contributed by atoms with Crippen molar-refractivity contribution in [2.24, 2.45) is 0 Å². The van der Waals surface area contributed by atoms with Crippen molar-refractivity contribution < 1.29 is 14.6 Å². The quantitative estimate of drug-likeness (QED) is 0.932. The minimum Gasteiger partial charge on any atom is -0.478 e. The van der Waals surface area contributed by atoms with Gasteiger partial charge in [-0.25, -0.2) is 4.79 Å². The molecule has 0 atom stereocenters. The molecule has 0 aliphatic rings. The molecule has 0 aliphatic heterocycles. The fourth-order valence-corrected chi connectivity index (χ4v) is 1.79. The number of hydrogen-bond donors (Lipinski definition) is 1. The first kappa shape index (κ1) is 11.7. The predicted octanol–water partition coefficient (Wildman–Crippen LogP) is 3.94. The first-order valence-electron chi connectivity index (χ1n) is 4.92. The Balaban J connectivity index is 2.26. The van der Waals surface area contributed by atoms with Crippen molar-refractivity contribution in [3.63, 3.8) is 0 Å². The van der Waals surface area contributed by atoms with Gasteiger partial charge in [0.2, 0.25) is 0 Å². The zero-order chi connectivity index (χ0) is 12.3. The number of hydrogen-bond acceptors (Lipinski definition) is 2. The fourth-order valence-electron chi connectivity index (χ4n) is 1.33. The van der Waals surface area contributed by atoms with Crippen molar-refractivity contribution in [2.75, 3.05) is 0 Å². The minimum atomic E-state index is -0.961. The van der Waals surface area contributed by atoms with Crippen LogP contribution in [0, 0.1) is 0 Å². The Labute approximate surface area is 107 Å². The molecule has 0 saturated heterocycles. The number of carboxylic acid groups (broad SMARTS) is 1. The maximum atomic E-state index is 10.8. The lowest BCUT2D eigenvalue weighted by atomic mass is 10.2. The van der Waals surface area contributed by atoms with Gasteiger partial charge in [0, 0.05) is 0 Å². The number of para-hydroxylation sites is 1. The topological polar surface area (TPSA) is 46.5 Å². The third-order valence-corrected chi connectivity index (χ3v) is 2.77. The van der Waals surface area contributed by atoms with Crippen LogP contribution in [0.3, 0.4) is 0 Å². The van der Waals surface area contributed by atoms with E-state index in [0.717, 1.165) is 0 Å². The van der Waals surface area contributed by atoms with Gasteiger partial charge in [0.25, 0.3) is 0 Å². The lowest BCUT2D eigenvalue weighted by Gasteiger charge is -2.07. The van der Waals surface area contributed by atoms with Crippen LogP contribution < -0.4 is 4.74 Å². The van der Waals surface area contributed by atoms with Gasteiger partial charge in [-0.3, -0.25) is 0 Å². The second-order valence-corrected chi connectivity index (χ2v) is 4.22. The zero-order valence-corrected chi connectivity index (χ0v) is 10.3. The highest BCUT2D eigenvalue weighted by Crippen LogP contribution is 2.30. The van der Waals surface area contributed by atoms with Crippen LogP contribution >= 0.6 is 15.9 Å². The van der Waals surface area contributed by atoms with E-state index in [1.54, 1.807) is 6.07 Å². The number of carboxylic acids is 1. The highest BCUT2D eigenvalue weighted by atomic mass is 79.9. The van der Waals surface area contributed by atoms with E-state index in [-0.39, 0.29) is 5.56 Å². The maximum Gasteiger partial charge on any atom is 0.335 e. The van der Waals surface area contributed by atoms with Crippen molar-refractivity contribution in [3.05, 3.63) is 58.6 Å². The average molecular weight is 293 g/mol. The molecule has 0 heterocycles. The van der Waals surface area contributed by atoms with Crippen LogP contribution in [0.1, 0.15) is 10.4 Å². The number of ether oxygens (including phenoxy) is 1. The Morgan fingerprint density at radius 2 is 1.82 bits per heavy atom. The van der Waals surface area contributed by atoms with Gasteiger partial charge >= 0.3 is 5.97 Å².